The van der Waals surface area contributed by atoms with Crippen molar-refractivity contribution in [3.63, 3.8) is 0 Å². The Morgan fingerprint density at radius 2 is 1.82 bits per heavy atom. The van der Waals surface area contributed by atoms with Crippen molar-refractivity contribution in [1.29, 1.82) is 0 Å². The highest BCUT2D eigenvalue weighted by Crippen LogP contribution is 2.42. The molecule has 2 heterocycles. The molecule has 0 radical (unpaired) electrons. The maximum absolute atomic E-state index is 5.62. The van der Waals surface area contributed by atoms with Crippen LogP contribution in [0.15, 0.2) is 54.6 Å². The first-order valence-electron chi connectivity index (χ1n) is 10.0. The van der Waals surface area contributed by atoms with Crippen LogP contribution in [0, 0.1) is 5.92 Å². The fraction of sp³-hybridized carbons (Fsp3) is 0.240. The quantitative estimate of drug-likeness (QED) is 0.392. The summed E-state index contributed by atoms with van der Waals surface area (Å²) >= 11 is 0. The van der Waals surface area contributed by atoms with Gasteiger partial charge < -0.3 is 9.47 Å². The number of hydrogen-bond acceptors (Lipinski definition) is 3. The van der Waals surface area contributed by atoms with E-state index in [1.165, 1.54) is 33.7 Å². The SMILES string of the molecule is CC1CCc2c(c(-c3ccc4c(c3)OCO4)nc3ccc4ccccc4c23)C1. The monoisotopic (exact) mass is 367 g/mol. The molecule has 3 heteroatoms. The van der Waals surface area contributed by atoms with Gasteiger partial charge in [0.25, 0.3) is 0 Å². The number of aryl methyl sites for hydroxylation is 1. The van der Waals surface area contributed by atoms with Crippen molar-refractivity contribution >= 4 is 21.7 Å². The molecule has 28 heavy (non-hydrogen) atoms. The third-order valence-corrected chi connectivity index (χ3v) is 6.18. The Morgan fingerprint density at radius 1 is 0.929 bits per heavy atom. The fourth-order valence-electron chi connectivity index (χ4n) is 4.77. The topological polar surface area (TPSA) is 31.4 Å². The van der Waals surface area contributed by atoms with Crippen LogP contribution in [0.25, 0.3) is 32.9 Å². The van der Waals surface area contributed by atoms with E-state index in [0.717, 1.165) is 41.1 Å². The summed E-state index contributed by atoms with van der Waals surface area (Å²) < 4.78 is 11.1. The zero-order valence-corrected chi connectivity index (χ0v) is 15.9. The Kier molecular flexibility index (Phi) is 3.39. The zero-order chi connectivity index (χ0) is 18.7. The molecular weight excluding hydrogens is 346 g/mol. The second kappa shape index (κ2) is 5.96. The van der Waals surface area contributed by atoms with Gasteiger partial charge in [-0.15, -0.1) is 0 Å². The average molecular weight is 367 g/mol. The van der Waals surface area contributed by atoms with Crippen molar-refractivity contribution in [3.05, 3.63) is 65.7 Å². The summed E-state index contributed by atoms with van der Waals surface area (Å²) in [6.07, 6.45) is 3.42. The van der Waals surface area contributed by atoms with Gasteiger partial charge in [-0.05, 0) is 71.3 Å². The molecule has 0 fully saturated rings. The smallest absolute Gasteiger partial charge is 0.231 e. The molecule has 0 N–H and O–H groups in total. The third kappa shape index (κ3) is 2.32. The van der Waals surface area contributed by atoms with E-state index in [4.69, 9.17) is 14.5 Å². The number of pyridine rings is 1. The summed E-state index contributed by atoms with van der Waals surface area (Å²) in [5, 5.41) is 3.94. The molecule has 0 saturated carbocycles. The molecule has 4 aromatic rings. The summed E-state index contributed by atoms with van der Waals surface area (Å²) in [6, 6.07) is 19.2. The van der Waals surface area contributed by atoms with E-state index in [-0.39, 0.29) is 0 Å². The Hall–Kier alpha value is -3.07. The number of aromatic nitrogens is 1. The van der Waals surface area contributed by atoms with Crippen LogP contribution in [-0.4, -0.2) is 11.8 Å². The van der Waals surface area contributed by atoms with E-state index < -0.39 is 0 Å². The van der Waals surface area contributed by atoms with Crippen LogP contribution in [0.5, 0.6) is 11.5 Å². The van der Waals surface area contributed by atoms with Gasteiger partial charge in [0.1, 0.15) is 0 Å². The first kappa shape index (κ1) is 15.9. The highest BCUT2D eigenvalue weighted by atomic mass is 16.7. The lowest BCUT2D eigenvalue weighted by atomic mass is 9.80. The molecule has 0 spiro atoms. The third-order valence-electron chi connectivity index (χ3n) is 6.18. The first-order chi connectivity index (χ1) is 13.8. The van der Waals surface area contributed by atoms with Gasteiger partial charge in [0, 0.05) is 10.9 Å². The molecule has 1 aliphatic carbocycles. The van der Waals surface area contributed by atoms with E-state index in [1.807, 2.05) is 6.07 Å². The largest absolute Gasteiger partial charge is 0.454 e. The fourth-order valence-corrected chi connectivity index (χ4v) is 4.77. The van der Waals surface area contributed by atoms with Crippen molar-refractivity contribution < 1.29 is 9.47 Å². The van der Waals surface area contributed by atoms with E-state index in [0.29, 0.717) is 12.7 Å². The van der Waals surface area contributed by atoms with Crippen LogP contribution in [0.1, 0.15) is 24.5 Å². The van der Waals surface area contributed by atoms with E-state index in [2.05, 4.69) is 55.5 Å². The number of rotatable bonds is 1. The van der Waals surface area contributed by atoms with Crippen LogP contribution in [-0.2, 0) is 12.8 Å². The minimum atomic E-state index is 0.297. The van der Waals surface area contributed by atoms with Gasteiger partial charge in [-0.3, -0.25) is 0 Å². The lowest BCUT2D eigenvalue weighted by Crippen LogP contribution is -2.14. The Labute approximate surface area is 163 Å². The van der Waals surface area contributed by atoms with Gasteiger partial charge >= 0.3 is 0 Å². The van der Waals surface area contributed by atoms with E-state index in [9.17, 15) is 0 Å². The standard InChI is InChI=1S/C25H21NO2/c1-15-6-9-19-20(12-15)25(17-8-11-22-23(13-17)28-14-27-22)26-21-10-7-16-4-2-3-5-18(16)24(19)21/h2-5,7-8,10-11,13,15H,6,9,12,14H2,1H3. The van der Waals surface area contributed by atoms with Crippen molar-refractivity contribution in [2.45, 2.75) is 26.2 Å². The summed E-state index contributed by atoms with van der Waals surface area (Å²) in [5.74, 6) is 2.31. The number of ether oxygens (including phenoxy) is 2. The molecule has 0 bridgehead atoms. The Bertz CT molecular complexity index is 1240. The van der Waals surface area contributed by atoms with Crippen molar-refractivity contribution in [2.75, 3.05) is 6.79 Å². The lowest BCUT2D eigenvalue weighted by Gasteiger charge is -2.26. The van der Waals surface area contributed by atoms with Crippen LogP contribution in [0.3, 0.4) is 0 Å². The summed E-state index contributed by atoms with van der Waals surface area (Å²) in [7, 11) is 0. The van der Waals surface area contributed by atoms with Gasteiger partial charge in [0.2, 0.25) is 6.79 Å². The van der Waals surface area contributed by atoms with E-state index in [1.54, 1.807) is 0 Å². The summed E-state index contributed by atoms with van der Waals surface area (Å²) in [6.45, 7) is 2.64. The Morgan fingerprint density at radius 3 is 2.79 bits per heavy atom. The van der Waals surface area contributed by atoms with Crippen molar-refractivity contribution in [1.82, 2.24) is 4.98 Å². The van der Waals surface area contributed by atoms with Crippen molar-refractivity contribution in [2.24, 2.45) is 5.92 Å². The van der Waals surface area contributed by atoms with Crippen LogP contribution >= 0.6 is 0 Å². The second-order valence-corrected chi connectivity index (χ2v) is 8.01. The predicted octanol–water partition coefficient (Wildman–Crippen LogP) is 5.91. The number of hydrogen-bond donors (Lipinski definition) is 0. The molecule has 1 aromatic heterocycles. The summed E-state index contributed by atoms with van der Waals surface area (Å²) in [4.78, 5) is 5.17. The van der Waals surface area contributed by atoms with Gasteiger partial charge in [-0.1, -0.05) is 37.3 Å². The predicted molar refractivity (Wildman–Crippen MR) is 112 cm³/mol. The number of benzene rings is 3. The van der Waals surface area contributed by atoms with Crippen LogP contribution < -0.4 is 9.47 Å². The molecule has 3 aromatic carbocycles. The van der Waals surface area contributed by atoms with Gasteiger partial charge in [-0.2, -0.15) is 0 Å². The minimum absolute atomic E-state index is 0.297. The zero-order valence-electron chi connectivity index (χ0n) is 15.9. The molecule has 1 unspecified atom stereocenters. The summed E-state index contributed by atoms with van der Waals surface area (Å²) in [5.41, 5.74) is 6.18. The maximum Gasteiger partial charge on any atom is 0.231 e. The number of nitrogens with zero attached hydrogens (tertiary/aromatic N) is 1. The molecule has 0 saturated heterocycles. The van der Waals surface area contributed by atoms with Gasteiger partial charge in [-0.25, -0.2) is 4.98 Å². The molecular formula is C25H21NO2. The molecule has 0 amide bonds. The molecule has 6 rings (SSSR count). The normalized spacial score (nSPS) is 17.8. The van der Waals surface area contributed by atoms with Crippen molar-refractivity contribution in [3.8, 4) is 22.8 Å². The first-order valence-corrected chi connectivity index (χ1v) is 10.0. The van der Waals surface area contributed by atoms with E-state index >= 15 is 0 Å². The second-order valence-electron chi connectivity index (χ2n) is 8.01. The Balaban J connectivity index is 1.68. The maximum atomic E-state index is 5.62. The highest BCUT2D eigenvalue weighted by molar-refractivity contribution is 6.09. The molecule has 1 aliphatic heterocycles. The number of fused-ring (bicyclic) bond motifs is 6. The molecule has 2 aliphatic rings. The van der Waals surface area contributed by atoms with Gasteiger partial charge in [0.15, 0.2) is 11.5 Å². The van der Waals surface area contributed by atoms with Crippen LogP contribution in [0.2, 0.25) is 0 Å². The van der Waals surface area contributed by atoms with Crippen LogP contribution in [0.4, 0.5) is 0 Å². The lowest BCUT2D eigenvalue weighted by molar-refractivity contribution is 0.174. The average Bonchev–Trinajstić information content (AvgIpc) is 3.20. The molecule has 1 atom stereocenters. The molecule has 138 valence electrons. The highest BCUT2D eigenvalue weighted by Gasteiger charge is 2.25. The minimum Gasteiger partial charge on any atom is -0.454 e. The molecule has 3 nitrogen and oxygen atoms in total. The van der Waals surface area contributed by atoms with Gasteiger partial charge in [0.05, 0.1) is 11.2 Å².